The van der Waals surface area contributed by atoms with E-state index in [1.165, 1.54) is 5.56 Å². The molecule has 3 aromatic rings. The summed E-state index contributed by atoms with van der Waals surface area (Å²) in [4.78, 5) is 6.93. The number of imidazole rings is 1. The molecule has 3 rings (SSSR count). The highest BCUT2D eigenvalue weighted by Gasteiger charge is 2.16. The van der Waals surface area contributed by atoms with E-state index in [1.54, 1.807) is 0 Å². The number of anilines is 2. The number of benzene rings is 1. The zero-order chi connectivity index (χ0) is 14.8. The van der Waals surface area contributed by atoms with Crippen LogP contribution in [0.15, 0.2) is 48.7 Å². The fraction of sp³-hybridized carbons (Fsp3) is 0.235. The molecule has 0 aliphatic carbocycles. The van der Waals surface area contributed by atoms with Crippen molar-refractivity contribution in [1.82, 2.24) is 14.7 Å². The Morgan fingerprint density at radius 3 is 2.81 bits per heavy atom. The molecule has 0 atom stereocenters. The first kappa shape index (κ1) is 13.6. The first-order chi connectivity index (χ1) is 10.2. The first-order valence-corrected chi connectivity index (χ1v) is 7.11. The number of hydrogen-bond acceptors (Lipinski definition) is 3. The monoisotopic (exact) mass is 280 g/mol. The summed E-state index contributed by atoms with van der Waals surface area (Å²) in [5.74, 6) is 0.987. The van der Waals surface area contributed by atoms with E-state index in [0.717, 1.165) is 29.4 Å². The number of nitrogens with zero attached hydrogens (tertiary/aromatic N) is 3. The van der Waals surface area contributed by atoms with Crippen LogP contribution in [0.4, 0.5) is 11.5 Å². The molecule has 0 saturated heterocycles. The number of fused-ring (bicyclic) bond motifs is 1. The van der Waals surface area contributed by atoms with E-state index in [0.29, 0.717) is 0 Å². The van der Waals surface area contributed by atoms with Gasteiger partial charge in [-0.05, 0) is 43.8 Å². The highest BCUT2D eigenvalue weighted by atomic mass is 15.2. The minimum absolute atomic E-state index is 0.774. The second kappa shape index (κ2) is 5.58. The summed E-state index contributed by atoms with van der Waals surface area (Å²) in [5, 5.41) is 3.23. The quantitative estimate of drug-likeness (QED) is 0.797. The summed E-state index contributed by atoms with van der Waals surface area (Å²) in [5.41, 5.74) is 4.53. The van der Waals surface area contributed by atoms with Crippen LogP contribution in [0.3, 0.4) is 0 Å². The van der Waals surface area contributed by atoms with Crippen LogP contribution in [0.2, 0.25) is 0 Å². The maximum Gasteiger partial charge on any atom is 0.156 e. The van der Waals surface area contributed by atoms with Crippen molar-refractivity contribution in [3.8, 4) is 0 Å². The molecule has 0 saturated carbocycles. The third kappa shape index (κ3) is 2.50. The van der Waals surface area contributed by atoms with Gasteiger partial charge in [-0.1, -0.05) is 18.2 Å². The largest absolute Gasteiger partial charge is 0.328 e. The molecule has 4 nitrogen and oxygen atoms in total. The number of hydrogen-bond donors (Lipinski definition) is 1. The molecule has 0 fully saturated rings. The molecule has 0 bridgehead atoms. The Morgan fingerprint density at radius 2 is 2.05 bits per heavy atom. The average molecular weight is 280 g/mol. The summed E-state index contributed by atoms with van der Waals surface area (Å²) in [6.07, 6.45) is 2.06. The van der Waals surface area contributed by atoms with Crippen molar-refractivity contribution >= 4 is 17.2 Å². The van der Waals surface area contributed by atoms with E-state index in [4.69, 9.17) is 4.98 Å². The highest BCUT2D eigenvalue weighted by Crippen LogP contribution is 2.27. The standard InChI is InChI=1S/C17H20N4/c1-13-7-6-8-14(11-13)20(3)17-15(12-18-2)21-10-5-4-9-16(21)19-17/h4-11,18H,12H2,1-3H3. The molecule has 0 unspecified atom stereocenters. The van der Waals surface area contributed by atoms with Gasteiger partial charge in [0.25, 0.3) is 0 Å². The second-order valence-corrected chi connectivity index (χ2v) is 5.24. The van der Waals surface area contributed by atoms with Gasteiger partial charge in [0.05, 0.1) is 5.69 Å². The molecule has 4 heteroatoms. The smallest absolute Gasteiger partial charge is 0.156 e. The van der Waals surface area contributed by atoms with E-state index in [9.17, 15) is 0 Å². The van der Waals surface area contributed by atoms with Crippen molar-refractivity contribution in [3.05, 3.63) is 59.9 Å². The number of nitrogens with one attached hydrogen (secondary N) is 1. The van der Waals surface area contributed by atoms with Crippen molar-refractivity contribution < 1.29 is 0 Å². The van der Waals surface area contributed by atoms with Crippen LogP contribution in [0.5, 0.6) is 0 Å². The summed E-state index contributed by atoms with van der Waals surface area (Å²) >= 11 is 0. The van der Waals surface area contributed by atoms with Gasteiger partial charge in [-0.25, -0.2) is 4.98 Å². The van der Waals surface area contributed by atoms with Gasteiger partial charge in [0.1, 0.15) is 5.65 Å². The molecule has 0 aliphatic rings. The minimum Gasteiger partial charge on any atom is -0.328 e. The summed E-state index contributed by atoms with van der Waals surface area (Å²) in [6.45, 7) is 2.88. The zero-order valence-corrected chi connectivity index (χ0v) is 12.7. The molecule has 1 aromatic carbocycles. The molecule has 0 amide bonds. The minimum atomic E-state index is 0.774. The van der Waals surface area contributed by atoms with Gasteiger partial charge in [0.2, 0.25) is 0 Å². The van der Waals surface area contributed by atoms with Crippen molar-refractivity contribution in [2.24, 2.45) is 0 Å². The molecule has 0 radical (unpaired) electrons. The molecule has 2 aromatic heterocycles. The maximum absolute atomic E-state index is 4.79. The molecule has 2 heterocycles. The van der Waals surface area contributed by atoms with Crippen LogP contribution in [0, 0.1) is 6.92 Å². The molecule has 0 spiro atoms. The van der Waals surface area contributed by atoms with Gasteiger partial charge >= 0.3 is 0 Å². The van der Waals surface area contributed by atoms with E-state index in [1.807, 2.05) is 25.2 Å². The third-order valence-corrected chi connectivity index (χ3v) is 3.66. The third-order valence-electron chi connectivity index (χ3n) is 3.66. The summed E-state index contributed by atoms with van der Waals surface area (Å²) in [7, 11) is 4.02. The van der Waals surface area contributed by atoms with Crippen molar-refractivity contribution in [2.45, 2.75) is 13.5 Å². The molecule has 108 valence electrons. The predicted octanol–water partition coefficient (Wildman–Crippen LogP) is 3.13. The lowest BCUT2D eigenvalue weighted by Gasteiger charge is -2.19. The van der Waals surface area contributed by atoms with Crippen molar-refractivity contribution in [3.63, 3.8) is 0 Å². The number of aromatic nitrogens is 2. The van der Waals surface area contributed by atoms with Crippen molar-refractivity contribution in [1.29, 1.82) is 0 Å². The van der Waals surface area contributed by atoms with E-state index < -0.39 is 0 Å². The predicted molar refractivity (Wildman–Crippen MR) is 87.2 cm³/mol. The number of pyridine rings is 1. The van der Waals surface area contributed by atoms with Crippen LogP contribution in [-0.4, -0.2) is 23.5 Å². The SMILES string of the molecule is CNCc1c(N(C)c2cccc(C)c2)nc2ccccn12. The van der Waals surface area contributed by atoms with Crippen LogP contribution in [0.25, 0.3) is 5.65 Å². The van der Waals surface area contributed by atoms with E-state index in [-0.39, 0.29) is 0 Å². The highest BCUT2D eigenvalue weighted by molar-refractivity contribution is 5.65. The molecule has 21 heavy (non-hydrogen) atoms. The normalized spacial score (nSPS) is 11.0. The fourth-order valence-corrected chi connectivity index (χ4v) is 2.59. The van der Waals surface area contributed by atoms with Gasteiger partial charge in [-0.15, -0.1) is 0 Å². The number of rotatable bonds is 4. The Hall–Kier alpha value is -2.33. The summed E-state index contributed by atoms with van der Waals surface area (Å²) < 4.78 is 2.14. The maximum atomic E-state index is 4.79. The zero-order valence-electron chi connectivity index (χ0n) is 12.7. The Bertz CT molecular complexity index is 760. The Morgan fingerprint density at radius 1 is 1.19 bits per heavy atom. The lowest BCUT2D eigenvalue weighted by atomic mass is 10.2. The van der Waals surface area contributed by atoms with Gasteiger partial charge in [0, 0.05) is 25.5 Å². The van der Waals surface area contributed by atoms with Gasteiger partial charge in [-0.3, -0.25) is 0 Å². The topological polar surface area (TPSA) is 32.6 Å². The number of aryl methyl sites for hydroxylation is 1. The first-order valence-electron chi connectivity index (χ1n) is 7.11. The van der Waals surface area contributed by atoms with Crippen LogP contribution >= 0.6 is 0 Å². The van der Waals surface area contributed by atoms with Gasteiger partial charge in [-0.2, -0.15) is 0 Å². The van der Waals surface area contributed by atoms with Crippen LogP contribution < -0.4 is 10.2 Å². The average Bonchev–Trinajstić information content (AvgIpc) is 2.86. The Labute approximate surface area is 125 Å². The van der Waals surface area contributed by atoms with E-state index in [2.05, 4.69) is 59.1 Å². The second-order valence-electron chi connectivity index (χ2n) is 5.24. The van der Waals surface area contributed by atoms with Gasteiger partial charge in [0.15, 0.2) is 5.82 Å². The lowest BCUT2D eigenvalue weighted by Crippen LogP contribution is -2.15. The molecular formula is C17H20N4. The Kier molecular flexibility index (Phi) is 3.62. The molecule has 0 aliphatic heterocycles. The summed E-state index contributed by atoms with van der Waals surface area (Å²) in [6, 6.07) is 14.6. The fourth-order valence-electron chi connectivity index (χ4n) is 2.59. The van der Waals surface area contributed by atoms with Gasteiger partial charge < -0.3 is 14.6 Å². The van der Waals surface area contributed by atoms with Crippen LogP contribution in [-0.2, 0) is 6.54 Å². The Balaban J connectivity index is 2.12. The molecular weight excluding hydrogens is 260 g/mol. The van der Waals surface area contributed by atoms with Crippen molar-refractivity contribution in [2.75, 3.05) is 19.0 Å². The van der Waals surface area contributed by atoms with E-state index >= 15 is 0 Å². The lowest BCUT2D eigenvalue weighted by molar-refractivity contribution is 0.780. The molecule has 1 N–H and O–H groups in total. The van der Waals surface area contributed by atoms with Crippen LogP contribution in [0.1, 0.15) is 11.3 Å².